The van der Waals surface area contributed by atoms with Gasteiger partial charge in [0.1, 0.15) is 0 Å². The number of hydrogen-bond donors (Lipinski definition) is 2. The third kappa shape index (κ3) is 4.12. The topological polar surface area (TPSA) is 40.3 Å². The van der Waals surface area contributed by atoms with Gasteiger partial charge in [0, 0.05) is 44.3 Å². The van der Waals surface area contributed by atoms with Gasteiger partial charge >= 0.3 is 0 Å². The van der Waals surface area contributed by atoms with Crippen molar-refractivity contribution in [2.24, 2.45) is 0 Å². The number of nitrogens with zero attached hydrogens (tertiary/aromatic N) is 1. The third-order valence-electron chi connectivity index (χ3n) is 3.99. The van der Waals surface area contributed by atoms with E-state index in [9.17, 15) is 0 Å². The first-order valence-electron chi connectivity index (χ1n) is 8.01. The van der Waals surface area contributed by atoms with Crippen molar-refractivity contribution in [2.75, 3.05) is 18.4 Å². The predicted molar refractivity (Wildman–Crippen MR) is 89.8 cm³/mol. The van der Waals surface area contributed by atoms with Gasteiger partial charge in [-0.3, -0.25) is 4.90 Å². The summed E-state index contributed by atoms with van der Waals surface area (Å²) in [4.78, 5) is 5.56. The first-order chi connectivity index (χ1) is 10.7. The molecule has 2 heterocycles. The normalized spacial score (nSPS) is 22.6. The Bertz CT molecular complexity index is 572. The number of aromatic nitrogens is 1. The number of anilines is 1. The van der Waals surface area contributed by atoms with E-state index in [1.807, 2.05) is 12.4 Å². The summed E-state index contributed by atoms with van der Waals surface area (Å²) < 4.78 is 5.80. The molecule has 0 unspecified atom stereocenters. The van der Waals surface area contributed by atoms with Crippen LogP contribution < -0.4 is 5.32 Å². The SMILES string of the molecule is C[C@@H]1CN(Cc2cccc(NCc3cc[nH]c3)c2)C[C@@H](C)O1. The number of hydrogen-bond acceptors (Lipinski definition) is 3. The Morgan fingerprint density at radius 3 is 2.73 bits per heavy atom. The molecule has 2 N–H and O–H groups in total. The van der Waals surface area contributed by atoms with Gasteiger partial charge in [0.05, 0.1) is 12.2 Å². The zero-order chi connectivity index (χ0) is 15.4. The van der Waals surface area contributed by atoms with Crippen molar-refractivity contribution >= 4 is 5.69 Å². The molecule has 1 saturated heterocycles. The van der Waals surface area contributed by atoms with E-state index < -0.39 is 0 Å². The minimum atomic E-state index is 0.318. The highest BCUT2D eigenvalue weighted by molar-refractivity contribution is 5.46. The summed E-state index contributed by atoms with van der Waals surface area (Å²) in [7, 11) is 0. The van der Waals surface area contributed by atoms with Crippen LogP contribution in [-0.4, -0.2) is 35.2 Å². The second-order valence-electron chi connectivity index (χ2n) is 6.22. The Morgan fingerprint density at radius 1 is 1.18 bits per heavy atom. The van der Waals surface area contributed by atoms with Crippen molar-refractivity contribution in [1.82, 2.24) is 9.88 Å². The van der Waals surface area contributed by atoms with Crippen molar-refractivity contribution in [3.05, 3.63) is 53.9 Å². The van der Waals surface area contributed by atoms with Crippen LogP contribution in [0.15, 0.2) is 42.7 Å². The summed E-state index contributed by atoms with van der Waals surface area (Å²) >= 11 is 0. The number of ether oxygens (including phenoxy) is 1. The monoisotopic (exact) mass is 299 g/mol. The highest BCUT2D eigenvalue weighted by Crippen LogP contribution is 2.17. The number of H-pyrrole nitrogens is 1. The fraction of sp³-hybridized carbons (Fsp3) is 0.444. The minimum Gasteiger partial charge on any atom is -0.381 e. The lowest BCUT2D eigenvalue weighted by Crippen LogP contribution is -2.44. The molecule has 0 aliphatic carbocycles. The summed E-state index contributed by atoms with van der Waals surface area (Å²) in [5.74, 6) is 0. The smallest absolute Gasteiger partial charge is 0.0678 e. The highest BCUT2D eigenvalue weighted by Gasteiger charge is 2.21. The summed E-state index contributed by atoms with van der Waals surface area (Å²) in [6, 6.07) is 10.8. The van der Waals surface area contributed by atoms with Gasteiger partial charge in [-0.05, 0) is 43.2 Å². The Balaban J connectivity index is 1.58. The van der Waals surface area contributed by atoms with Crippen LogP contribution in [0.4, 0.5) is 5.69 Å². The average molecular weight is 299 g/mol. The molecule has 1 aromatic heterocycles. The third-order valence-corrected chi connectivity index (χ3v) is 3.99. The van der Waals surface area contributed by atoms with Gasteiger partial charge in [-0.1, -0.05) is 12.1 Å². The van der Waals surface area contributed by atoms with E-state index in [1.54, 1.807) is 0 Å². The van der Waals surface area contributed by atoms with Crippen molar-refractivity contribution < 1.29 is 4.74 Å². The second kappa shape index (κ2) is 6.99. The quantitative estimate of drug-likeness (QED) is 0.890. The van der Waals surface area contributed by atoms with E-state index >= 15 is 0 Å². The number of nitrogens with one attached hydrogen (secondary N) is 2. The molecule has 0 radical (unpaired) electrons. The van der Waals surface area contributed by atoms with Gasteiger partial charge in [0.15, 0.2) is 0 Å². The first kappa shape index (κ1) is 15.1. The molecule has 0 amide bonds. The lowest BCUT2D eigenvalue weighted by molar-refractivity contribution is -0.0704. The molecule has 0 bridgehead atoms. The van der Waals surface area contributed by atoms with Crippen LogP contribution in [0.5, 0.6) is 0 Å². The maximum Gasteiger partial charge on any atom is 0.0678 e. The summed E-state index contributed by atoms with van der Waals surface area (Å²) in [5.41, 5.74) is 3.79. The summed E-state index contributed by atoms with van der Waals surface area (Å²) in [6.07, 6.45) is 4.61. The number of aromatic amines is 1. The Hall–Kier alpha value is -1.78. The van der Waals surface area contributed by atoms with E-state index in [4.69, 9.17) is 4.74 Å². The molecule has 2 atom stereocenters. The van der Waals surface area contributed by atoms with Crippen LogP contribution >= 0.6 is 0 Å². The molecule has 22 heavy (non-hydrogen) atoms. The predicted octanol–water partition coefficient (Wildman–Crippen LogP) is 3.24. The van der Waals surface area contributed by atoms with Gasteiger partial charge in [0.2, 0.25) is 0 Å². The minimum absolute atomic E-state index is 0.318. The maximum absolute atomic E-state index is 5.80. The van der Waals surface area contributed by atoms with Gasteiger partial charge in [-0.25, -0.2) is 0 Å². The molecule has 3 rings (SSSR count). The van der Waals surface area contributed by atoms with Crippen molar-refractivity contribution in [3.8, 4) is 0 Å². The lowest BCUT2D eigenvalue weighted by Gasteiger charge is -2.35. The number of rotatable bonds is 5. The summed E-state index contributed by atoms with van der Waals surface area (Å²) in [5, 5.41) is 3.48. The molecule has 1 aliphatic heterocycles. The molecule has 4 heteroatoms. The Labute approximate surface area is 132 Å². The van der Waals surface area contributed by atoms with E-state index in [0.29, 0.717) is 12.2 Å². The molecule has 0 saturated carbocycles. The second-order valence-corrected chi connectivity index (χ2v) is 6.22. The van der Waals surface area contributed by atoms with Gasteiger partial charge < -0.3 is 15.0 Å². The summed E-state index contributed by atoms with van der Waals surface area (Å²) in [6.45, 7) is 8.14. The Kier molecular flexibility index (Phi) is 4.80. The van der Waals surface area contributed by atoms with E-state index in [1.165, 1.54) is 16.8 Å². The van der Waals surface area contributed by atoms with E-state index in [2.05, 4.69) is 59.4 Å². The molecular weight excluding hydrogens is 274 g/mol. The zero-order valence-corrected chi connectivity index (χ0v) is 13.4. The van der Waals surface area contributed by atoms with E-state index in [0.717, 1.165) is 26.2 Å². The fourth-order valence-corrected chi connectivity index (χ4v) is 3.12. The number of morpholine rings is 1. The van der Waals surface area contributed by atoms with Crippen LogP contribution in [0.1, 0.15) is 25.0 Å². The molecule has 1 fully saturated rings. The number of benzene rings is 1. The van der Waals surface area contributed by atoms with Gasteiger partial charge in [0.25, 0.3) is 0 Å². The van der Waals surface area contributed by atoms with Crippen LogP contribution in [0.2, 0.25) is 0 Å². The molecule has 1 aromatic carbocycles. The lowest BCUT2D eigenvalue weighted by atomic mass is 10.1. The van der Waals surface area contributed by atoms with Crippen molar-refractivity contribution in [3.63, 3.8) is 0 Å². The van der Waals surface area contributed by atoms with Crippen LogP contribution in [0.3, 0.4) is 0 Å². The molecule has 118 valence electrons. The highest BCUT2D eigenvalue weighted by atomic mass is 16.5. The van der Waals surface area contributed by atoms with Crippen molar-refractivity contribution in [2.45, 2.75) is 39.1 Å². The van der Waals surface area contributed by atoms with Crippen LogP contribution in [0, 0.1) is 0 Å². The standard InChI is InChI=1S/C18H25N3O/c1-14-11-21(12-15(2)22-14)13-16-4-3-5-18(8-16)20-10-17-6-7-19-9-17/h3-9,14-15,19-20H,10-13H2,1-2H3/t14-,15-/m1/s1. The fourth-order valence-electron chi connectivity index (χ4n) is 3.12. The van der Waals surface area contributed by atoms with Gasteiger partial charge in [-0.2, -0.15) is 0 Å². The van der Waals surface area contributed by atoms with Crippen molar-refractivity contribution in [1.29, 1.82) is 0 Å². The average Bonchev–Trinajstić information content (AvgIpc) is 2.98. The van der Waals surface area contributed by atoms with Gasteiger partial charge in [-0.15, -0.1) is 0 Å². The van der Waals surface area contributed by atoms with Crippen LogP contribution in [0.25, 0.3) is 0 Å². The molecule has 4 nitrogen and oxygen atoms in total. The zero-order valence-electron chi connectivity index (χ0n) is 13.4. The van der Waals surface area contributed by atoms with E-state index in [-0.39, 0.29) is 0 Å². The molecule has 2 aromatic rings. The van der Waals surface area contributed by atoms with Crippen LogP contribution in [-0.2, 0) is 17.8 Å². The first-order valence-corrected chi connectivity index (χ1v) is 8.01. The molecule has 1 aliphatic rings. The maximum atomic E-state index is 5.80. The Morgan fingerprint density at radius 2 is 2.00 bits per heavy atom. The molecule has 0 spiro atoms. The largest absolute Gasteiger partial charge is 0.381 e. The molecular formula is C18H25N3O.